The molecule has 0 saturated heterocycles. The van der Waals surface area contributed by atoms with E-state index in [2.05, 4.69) is 15.4 Å². The molecule has 2 aromatic rings. The Hall–Kier alpha value is -2.83. The number of methoxy groups -OCH3 is 1. The first-order valence-electron chi connectivity index (χ1n) is 6.70. The van der Waals surface area contributed by atoms with E-state index < -0.39 is 5.97 Å². The molecule has 7 heteroatoms. The first kappa shape index (κ1) is 15.6. The molecule has 116 valence electrons. The Morgan fingerprint density at radius 2 is 2.00 bits per heavy atom. The van der Waals surface area contributed by atoms with Crippen LogP contribution in [-0.4, -0.2) is 36.0 Å². The molecule has 0 saturated carbocycles. The lowest BCUT2D eigenvalue weighted by Crippen LogP contribution is -2.32. The van der Waals surface area contributed by atoms with Gasteiger partial charge in [0.1, 0.15) is 13.1 Å². The van der Waals surface area contributed by atoms with Gasteiger partial charge in [-0.1, -0.05) is 6.07 Å². The van der Waals surface area contributed by atoms with E-state index in [1.54, 1.807) is 22.9 Å². The van der Waals surface area contributed by atoms with Crippen LogP contribution in [0.25, 0.3) is 10.9 Å². The number of esters is 1. The SMILES string of the molecule is COC(=O)CNC(=O)Cn1ccc2c(NC(C)=O)cccc21. The normalized spacial score (nSPS) is 10.3. The summed E-state index contributed by atoms with van der Waals surface area (Å²) >= 11 is 0. The lowest BCUT2D eigenvalue weighted by atomic mass is 10.2. The number of hydrogen-bond acceptors (Lipinski definition) is 4. The number of aromatic nitrogens is 1. The topological polar surface area (TPSA) is 89.4 Å². The van der Waals surface area contributed by atoms with Crippen molar-refractivity contribution < 1.29 is 19.1 Å². The predicted octanol–water partition coefficient (Wildman–Crippen LogP) is 0.889. The number of carbonyl (C=O) groups is 3. The van der Waals surface area contributed by atoms with Gasteiger partial charge in [-0.25, -0.2) is 0 Å². The third-order valence-electron chi connectivity index (χ3n) is 3.10. The molecule has 1 aromatic carbocycles. The highest BCUT2D eigenvalue weighted by atomic mass is 16.5. The number of fused-ring (bicyclic) bond motifs is 1. The van der Waals surface area contributed by atoms with Gasteiger partial charge in [-0.2, -0.15) is 0 Å². The van der Waals surface area contributed by atoms with Crippen LogP contribution in [0.1, 0.15) is 6.92 Å². The number of amides is 2. The van der Waals surface area contributed by atoms with Gasteiger partial charge in [-0.3, -0.25) is 14.4 Å². The lowest BCUT2D eigenvalue weighted by molar-refractivity contribution is -0.141. The second-order valence-electron chi connectivity index (χ2n) is 4.72. The number of benzene rings is 1. The first-order chi connectivity index (χ1) is 10.5. The lowest BCUT2D eigenvalue weighted by Gasteiger charge is -2.08. The third kappa shape index (κ3) is 3.63. The molecule has 0 spiro atoms. The van der Waals surface area contributed by atoms with Gasteiger partial charge in [0.25, 0.3) is 0 Å². The monoisotopic (exact) mass is 303 g/mol. The van der Waals surface area contributed by atoms with Gasteiger partial charge in [0, 0.05) is 18.5 Å². The molecule has 1 heterocycles. The Bertz CT molecular complexity index is 721. The standard InChI is InChI=1S/C15H17N3O4/c1-10(19)17-12-4-3-5-13-11(12)6-7-18(13)9-14(20)16-8-15(21)22-2/h3-7H,8-9H2,1-2H3,(H,16,20)(H,17,19). The highest BCUT2D eigenvalue weighted by molar-refractivity contribution is 6.01. The van der Waals surface area contributed by atoms with E-state index in [0.717, 1.165) is 10.9 Å². The maximum Gasteiger partial charge on any atom is 0.325 e. The molecule has 2 N–H and O–H groups in total. The summed E-state index contributed by atoms with van der Waals surface area (Å²) in [6.07, 6.45) is 1.76. The number of rotatable bonds is 5. The zero-order valence-corrected chi connectivity index (χ0v) is 12.4. The molecule has 0 fully saturated rings. The summed E-state index contributed by atoms with van der Waals surface area (Å²) in [7, 11) is 1.26. The van der Waals surface area contributed by atoms with Crippen molar-refractivity contribution in [3.8, 4) is 0 Å². The highest BCUT2D eigenvalue weighted by Gasteiger charge is 2.10. The van der Waals surface area contributed by atoms with Gasteiger partial charge in [0.15, 0.2) is 0 Å². The minimum absolute atomic E-state index is 0.0734. The molecule has 22 heavy (non-hydrogen) atoms. The summed E-state index contributed by atoms with van der Waals surface area (Å²) in [5.74, 6) is -0.956. The van der Waals surface area contributed by atoms with Crippen LogP contribution >= 0.6 is 0 Å². The van der Waals surface area contributed by atoms with Gasteiger partial charge in [0.2, 0.25) is 11.8 Å². The van der Waals surface area contributed by atoms with Crippen molar-refractivity contribution in [3.05, 3.63) is 30.5 Å². The van der Waals surface area contributed by atoms with Crippen molar-refractivity contribution in [3.63, 3.8) is 0 Å². The van der Waals surface area contributed by atoms with E-state index in [0.29, 0.717) is 5.69 Å². The van der Waals surface area contributed by atoms with E-state index in [-0.39, 0.29) is 24.9 Å². The Morgan fingerprint density at radius 3 is 2.68 bits per heavy atom. The molecule has 0 aliphatic rings. The van der Waals surface area contributed by atoms with Gasteiger partial charge in [-0.15, -0.1) is 0 Å². The minimum atomic E-state index is -0.501. The largest absolute Gasteiger partial charge is 0.468 e. The number of carbonyl (C=O) groups excluding carboxylic acids is 3. The van der Waals surface area contributed by atoms with Crippen LogP contribution in [0.4, 0.5) is 5.69 Å². The zero-order chi connectivity index (χ0) is 16.1. The van der Waals surface area contributed by atoms with Crippen molar-refractivity contribution in [2.45, 2.75) is 13.5 Å². The Balaban J connectivity index is 2.14. The molecule has 1 aromatic heterocycles. The fourth-order valence-electron chi connectivity index (χ4n) is 2.11. The summed E-state index contributed by atoms with van der Waals surface area (Å²) in [5, 5.41) is 6.07. The molecule has 2 amide bonds. The summed E-state index contributed by atoms with van der Waals surface area (Å²) < 4.78 is 6.20. The average Bonchev–Trinajstić information content (AvgIpc) is 2.88. The maximum atomic E-state index is 11.8. The van der Waals surface area contributed by atoms with Crippen molar-refractivity contribution in [1.82, 2.24) is 9.88 Å². The zero-order valence-electron chi connectivity index (χ0n) is 12.4. The Morgan fingerprint density at radius 1 is 1.23 bits per heavy atom. The highest BCUT2D eigenvalue weighted by Crippen LogP contribution is 2.24. The summed E-state index contributed by atoms with van der Waals surface area (Å²) in [6, 6.07) is 7.28. The molecule has 0 bridgehead atoms. The number of ether oxygens (including phenoxy) is 1. The average molecular weight is 303 g/mol. The van der Waals surface area contributed by atoms with Crippen LogP contribution in [0.2, 0.25) is 0 Å². The Labute approximate surface area is 127 Å². The van der Waals surface area contributed by atoms with Gasteiger partial charge < -0.3 is 19.9 Å². The predicted molar refractivity (Wildman–Crippen MR) is 81.3 cm³/mol. The third-order valence-corrected chi connectivity index (χ3v) is 3.10. The van der Waals surface area contributed by atoms with Crippen molar-refractivity contribution in [2.24, 2.45) is 0 Å². The fourth-order valence-corrected chi connectivity index (χ4v) is 2.11. The van der Waals surface area contributed by atoms with Crippen molar-refractivity contribution >= 4 is 34.4 Å². The Kier molecular flexibility index (Phi) is 4.77. The summed E-state index contributed by atoms with van der Waals surface area (Å²) in [6.45, 7) is 1.35. The summed E-state index contributed by atoms with van der Waals surface area (Å²) in [5.41, 5.74) is 1.51. The van der Waals surface area contributed by atoms with E-state index in [1.165, 1.54) is 14.0 Å². The van der Waals surface area contributed by atoms with Gasteiger partial charge in [-0.05, 0) is 18.2 Å². The van der Waals surface area contributed by atoms with Crippen LogP contribution in [0, 0.1) is 0 Å². The fraction of sp³-hybridized carbons (Fsp3) is 0.267. The van der Waals surface area contributed by atoms with Crippen LogP contribution in [0.5, 0.6) is 0 Å². The van der Waals surface area contributed by atoms with Crippen LogP contribution < -0.4 is 10.6 Å². The number of hydrogen-bond donors (Lipinski definition) is 2. The van der Waals surface area contributed by atoms with E-state index in [9.17, 15) is 14.4 Å². The maximum absolute atomic E-state index is 11.8. The number of nitrogens with zero attached hydrogens (tertiary/aromatic N) is 1. The van der Waals surface area contributed by atoms with E-state index in [1.807, 2.05) is 12.1 Å². The molecule has 7 nitrogen and oxygen atoms in total. The van der Waals surface area contributed by atoms with Crippen LogP contribution in [0.3, 0.4) is 0 Å². The molecule has 0 radical (unpaired) electrons. The molecule has 2 rings (SSSR count). The van der Waals surface area contributed by atoms with Gasteiger partial charge >= 0.3 is 5.97 Å². The number of nitrogens with one attached hydrogen (secondary N) is 2. The van der Waals surface area contributed by atoms with Gasteiger partial charge in [0.05, 0.1) is 18.3 Å². The summed E-state index contributed by atoms with van der Waals surface area (Å²) in [4.78, 5) is 34.0. The van der Waals surface area contributed by atoms with Crippen LogP contribution in [0.15, 0.2) is 30.5 Å². The van der Waals surface area contributed by atoms with Crippen LogP contribution in [-0.2, 0) is 25.7 Å². The molecular weight excluding hydrogens is 286 g/mol. The van der Waals surface area contributed by atoms with Crippen molar-refractivity contribution in [1.29, 1.82) is 0 Å². The minimum Gasteiger partial charge on any atom is -0.468 e. The molecule has 0 aliphatic carbocycles. The second-order valence-corrected chi connectivity index (χ2v) is 4.72. The smallest absolute Gasteiger partial charge is 0.325 e. The molecule has 0 aliphatic heterocycles. The molecule has 0 unspecified atom stereocenters. The molecular formula is C15H17N3O4. The van der Waals surface area contributed by atoms with E-state index in [4.69, 9.17) is 0 Å². The second kappa shape index (κ2) is 6.75. The van der Waals surface area contributed by atoms with E-state index >= 15 is 0 Å². The molecule has 0 atom stereocenters. The van der Waals surface area contributed by atoms with Crippen molar-refractivity contribution in [2.75, 3.05) is 19.0 Å². The quantitative estimate of drug-likeness (QED) is 0.803. The first-order valence-corrected chi connectivity index (χ1v) is 6.70. The number of anilines is 1.